The minimum Gasteiger partial charge on any atom is -0.495 e. The number of aromatic nitrogens is 2. The summed E-state index contributed by atoms with van der Waals surface area (Å²) in [6, 6.07) is 14.5. The molecule has 0 radical (unpaired) electrons. The number of non-ortho nitro benzene ring substituents is 1. The highest BCUT2D eigenvalue weighted by molar-refractivity contribution is 5.58. The lowest BCUT2D eigenvalue weighted by Gasteiger charge is -2.32. The molecule has 30 heavy (non-hydrogen) atoms. The summed E-state index contributed by atoms with van der Waals surface area (Å²) in [5.41, 5.74) is 1.58. The van der Waals surface area contributed by atoms with Crippen LogP contribution in [0.4, 0.5) is 11.4 Å². The number of ether oxygens (including phenoxy) is 1. The Morgan fingerprint density at radius 2 is 2.03 bits per heavy atom. The van der Waals surface area contributed by atoms with Gasteiger partial charge in [0.15, 0.2) is 0 Å². The number of benzene rings is 2. The first-order valence-electron chi connectivity index (χ1n) is 9.81. The van der Waals surface area contributed by atoms with Gasteiger partial charge in [-0.1, -0.05) is 29.4 Å². The second-order valence-electron chi connectivity index (χ2n) is 7.21. The maximum absolute atomic E-state index is 11.0. The van der Waals surface area contributed by atoms with Gasteiger partial charge in [0.25, 0.3) is 5.69 Å². The fourth-order valence-corrected chi connectivity index (χ4v) is 3.61. The molecule has 2 heterocycles. The Labute approximate surface area is 173 Å². The van der Waals surface area contributed by atoms with Crippen molar-refractivity contribution in [3.05, 3.63) is 64.5 Å². The van der Waals surface area contributed by atoms with Crippen molar-refractivity contribution in [1.82, 2.24) is 15.0 Å². The summed E-state index contributed by atoms with van der Waals surface area (Å²) >= 11 is 0. The first kappa shape index (κ1) is 19.8. The highest BCUT2D eigenvalue weighted by Crippen LogP contribution is 2.26. The Bertz CT molecular complexity index is 1010. The molecule has 0 aliphatic carbocycles. The summed E-state index contributed by atoms with van der Waals surface area (Å²) in [7, 11) is 1.68. The molecule has 1 aromatic heterocycles. The summed E-state index contributed by atoms with van der Waals surface area (Å²) < 4.78 is 10.8. The molecule has 9 heteroatoms. The van der Waals surface area contributed by atoms with Crippen LogP contribution in [0.3, 0.4) is 0 Å². The monoisotopic (exact) mass is 409 g/mol. The zero-order valence-corrected chi connectivity index (χ0v) is 16.7. The molecule has 0 atom stereocenters. The standard InChI is InChI=1S/C21H23N5O4/c1-29-19-8-3-2-7-18(19)22-16-9-11-25(12-10-16)14-20-23-21(24-30-20)15-5-4-6-17(13-15)26(27)28/h2-8,13,16,22H,9-12,14H2,1H3. The van der Waals surface area contributed by atoms with E-state index in [-0.39, 0.29) is 5.69 Å². The molecule has 0 amide bonds. The summed E-state index contributed by atoms with van der Waals surface area (Å²) in [6.45, 7) is 2.37. The molecule has 0 unspecified atom stereocenters. The summed E-state index contributed by atoms with van der Waals surface area (Å²) in [6.07, 6.45) is 1.98. The Kier molecular flexibility index (Phi) is 5.89. The molecular formula is C21H23N5O4. The number of anilines is 1. The van der Waals surface area contributed by atoms with Crippen LogP contribution in [0.1, 0.15) is 18.7 Å². The maximum Gasteiger partial charge on any atom is 0.270 e. The van der Waals surface area contributed by atoms with Crippen LogP contribution < -0.4 is 10.1 Å². The number of methoxy groups -OCH3 is 1. The molecule has 2 aromatic carbocycles. The van der Waals surface area contributed by atoms with Crippen LogP contribution in [0.25, 0.3) is 11.4 Å². The van der Waals surface area contributed by atoms with E-state index in [0.29, 0.717) is 29.9 Å². The van der Waals surface area contributed by atoms with Crippen LogP contribution in [0.15, 0.2) is 53.1 Å². The van der Waals surface area contributed by atoms with Gasteiger partial charge in [0.2, 0.25) is 11.7 Å². The molecule has 4 rings (SSSR count). The molecule has 1 aliphatic heterocycles. The summed E-state index contributed by atoms with van der Waals surface area (Å²) in [5.74, 6) is 1.72. The van der Waals surface area contributed by atoms with E-state index in [1.54, 1.807) is 19.2 Å². The van der Waals surface area contributed by atoms with E-state index in [1.165, 1.54) is 12.1 Å². The largest absolute Gasteiger partial charge is 0.495 e. The van der Waals surface area contributed by atoms with Crippen molar-refractivity contribution in [2.45, 2.75) is 25.4 Å². The van der Waals surface area contributed by atoms with Crippen LogP contribution in [0, 0.1) is 10.1 Å². The average Bonchev–Trinajstić information content (AvgIpc) is 3.24. The molecule has 0 bridgehead atoms. The van der Waals surface area contributed by atoms with Crippen molar-refractivity contribution in [2.24, 2.45) is 0 Å². The lowest BCUT2D eigenvalue weighted by Crippen LogP contribution is -2.38. The Hall–Kier alpha value is -3.46. The smallest absolute Gasteiger partial charge is 0.270 e. The van der Waals surface area contributed by atoms with E-state index >= 15 is 0 Å². The molecule has 1 N–H and O–H groups in total. The number of nitro benzene ring substituents is 1. The predicted molar refractivity (Wildman–Crippen MR) is 111 cm³/mol. The van der Waals surface area contributed by atoms with Gasteiger partial charge >= 0.3 is 0 Å². The minimum atomic E-state index is -0.437. The van der Waals surface area contributed by atoms with E-state index in [0.717, 1.165) is 37.4 Å². The van der Waals surface area contributed by atoms with Gasteiger partial charge in [-0.05, 0) is 25.0 Å². The number of para-hydroxylation sites is 2. The third kappa shape index (κ3) is 4.57. The normalized spacial score (nSPS) is 15.1. The van der Waals surface area contributed by atoms with Gasteiger partial charge in [0.1, 0.15) is 5.75 Å². The van der Waals surface area contributed by atoms with Crippen molar-refractivity contribution in [3.63, 3.8) is 0 Å². The van der Waals surface area contributed by atoms with Crippen LogP contribution >= 0.6 is 0 Å². The van der Waals surface area contributed by atoms with Gasteiger partial charge in [-0.3, -0.25) is 15.0 Å². The van der Waals surface area contributed by atoms with E-state index < -0.39 is 4.92 Å². The predicted octanol–water partition coefficient (Wildman–Crippen LogP) is 3.73. The van der Waals surface area contributed by atoms with Gasteiger partial charge < -0.3 is 14.6 Å². The van der Waals surface area contributed by atoms with Crippen molar-refractivity contribution < 1.29 is 14.2 Å². The zero-order chi connectivity index (χ0) is 20.9. The number of likely N-dealkylation sites (tertiary alicyclic amines) is 1. The van der Waals surface area contributed by atoms with Crippen molar-refractivity contribution in [2.75, 3.05) is 25.5 Å². The van der Waals surface area contributed by atoms with Crippen LogP contribution in [-0.2, 0) is 6.54 Å². The number of hydrogen-bond acceptors (Lipinski definition) is 8. The molecular weight excluding hydrogens is 386 g/mol. The third-order valence-corrected chi connectivity index (χ3v) is 5.20. The molecule has 0 saturated carbocycles. The number of nitrogens with one attached hydrogen (secondary N) is 1. The van der Waals surface area contributed by atoms with Crippen molar-refractivity contribution in [3.8, 4) is 17.1 Å². The fourth-order valence-electron chi connectivity index (χ4n) is 3.61. The lowest BCUT2D eigenvalue weighted by molar-refractivity contribution is -0.384. The Morgan fingerprint density at radius 3 is 2.80 bits per heavy atom. The van der Waals surface area contributed by atoms with Gasteiger partial charge in [0.05, 0.1) is 24.3 Å². The second-order valence-corrected chi connectivity index (χ2v) is 7.21. The van der Waals surface area contributed by atoms with E-state index in [4.69, 9.17) is 9.26 Å². The molecule has 9 nitrogen and oxygen atoms in total. The zero-order valence-electron chi connectivity index (χ0n) is 16.7. The molecule has 1 aliphatic rings. The quantitative estimate of drug-likeness (QED) is 0.465. The second kappa shape index (κ2) is 8.91. The third-order valence-electron chi connectivity index (χ3n) is 5.20. The number of hydrogen-bond donors (Lipinski definition) is 1. The van der Waals surface area contributed by atoms with E-state index in [2.05, 4.69) is 20.4 Å². The summed E-state index contributed by atoms with van der Waals surface area (Å²) in [4.78, 5) is 17.2. The summed E-state index contributed by atoms with van der Waals surface area (Å²) in [5, 5.41) is 18.5. The first-order chi connectivity index (χ1) is 14.6. The number of nitrogens with zero attached hydrogens (tertiary/aromatic N) is 4. The molecule has 156 valence electrons. The number of piperidine rings is 1. The van der Waals surface area contributed by atoms with Crippen molar-refractivity contribution >= 4 is 11.4 Å². The first-order valence-corrected chi connectivity index (χ1v) is 9.81. The van der Waals surface area contributed by atoms with Crippen LogP contribution in [-0.4, -0.2) is 46.2 Å². The fraction of sp³-hybridized carbons (Fsp3) is 0.333. The van der Waals surface area contributed by atoms with E-state index in [9.17, 15) is 10.1 Å². The van der Waals surface area contributed by atoms with Crippen LogP contribution in [0.2, 0.25) is 0 Å². The lowest BCUT2D eigenvalue weighted by atomic mass is 10.0. The average molecular weight is 409 g/mol. The van der Waals surface area contributed by atoms with Crippen molar-refractivity contribution in [1.29, 1.82) is 0 Å². The molecule has 3 aromatic rings. The minimum absolute atomic E-state index is 0.00321. The maximum atomic E-state index is 11.0. The van der Waals surface area contributed by atoms with Crippen LogP contribution in [0.5, 0.6) is 5.75 Å². The van der Waals surface area contributed by atoms with E-state index in [1.807, 2.05) is 24.3 Å². The number of nitro groups is 1. The topological polar surface area (TPSA) is 107 Å². The SMILES string of the molecule is COc1ccccc1NC1CCN(Cc2nc(-c3cccc([N+](=O)[O-])c3)no2)CC1. The van der Waals surface area contributed by atoms with Gasteiger partial charge in [-0.25, -0.2) is 0 Å². The highest BCUT2D eigenvalue weighted by atomic mass is 16.6. The molecule has 1 saturated heterocycles. The Balaban J connectivity index is 1.33. The van der Waals surface area contributed by atoms with Gasteiger partial charge in [-0.2, -0.15) is 4.98 Å². The molecule has 0 spiro atoms. The highest BCUT2D eigenvalue weighted by Gasteiger charge is 2.22. The Morgan fingerprint density at radius 1 is 1.23 bits per heavy atom. The molecule has 1 fully saturated rings. The van der Waals surface area contributed by atoms with Gasteiger partial charge in [0, 0.05) is 36.8 Å². The van der Waals surface area contributed by atoms with Gasteiger partial charge in [-0.15, -0.1) is 0 Å². The number of rotatable bonds is 7.